The van der Waals surface area contributed by atoms with Gasteiger partial charge in [0.15, 0.2) is 0 Å². The number of hydrogen-bond acceptors (Lipinski definition) is 3. The Hall–Kier alpha value is -0.120. The van der Waals surface area contributed by atoms with E-state index in [0.29, 0.717) is 0 Å². The van der Waals surface area contributed by atoms with Crippen molar-refractivity contribution < 1.29 is 9.84 Å². The van der Waals surface area contributed by atoms with Crippen LogP contribution in [0, 0.1) is 0 Å². The third-order valence-corrected chi connectivity index (χ3v) is 3.54. The summed E-state index contributed by atoms with van der Waals surface area (Å²) < 4.78 is 5.85. The van der Waals surface area contributed by atoms with E-state index in [-0.39, 0.29) is 18.2 Å². The van der Waals surface area contributed by atoms with Gasteiger partial charge in [0.1, 0.15) is 0 Å². The smallest absolute Gasteiger partial charge is 0.0611 e. The molecule has 0 aliphatic heterocycles. The average Bonchev–Trinajstić information content (AvgIpc) is 2.40. The van der Waals surface area contributed by atoms with Gasteiger partial charge in [-0.15, -0.1) is 0 Å². The molecule has 0 aliphatic rings. The maximum Gasteiger partial charge on any atom is 0.0611 e. The molecule has 0 aromatic carbocycles. The molecule has 0 saturated carbocycles. The lowest BCUT2D eigenvalue weighted by Gasteiger charge is -2.31. The normalized spacial score (nSPS) is 16.3. The van der Waals surface area contributed by atoms with E-state index in [1.165, 1.54) is 25.7 Å². The highest BCUT2D eigenvalue weighted by Gasteiger charge is 2.25. The second kappa shape index (κ2) is 11.7. The first-order valence-electron chi connectivity index (χ1n) is 8.05. The second-order valence-electron chi connectivity index (χ2n) is 5.95. The van der Waals surface area contributed by atoms with Gasteiger partial charge in [-0.3, -0.25) is 0 Å². The fraction of sp³-hybridized carbons (Fsp3) is 1.00. The van der Waals surface area contributed by atoms with Gasteiger partial charge in [0.05, 0.1) is 12.7 Å². The van der Waals surface area contributed by atoms with Crippen molar-refractivity contribution in [1.29, 1.82) is 0 Å². The summed E-state index contributed by atoms with van der Waals surface area (Å²) in [5, 5.41) is 12.9. The number of aliphatic hydroxyl groups is 1. The van der Waals surface area contributed by atoms with Crippen LogP contribution >= 0.6 is 0 Å². The molecule has 0 bridgehead atoms. The van der Waals surface area contributed by atoms with Crippen LogP contribution in [-0.2, 0) is 4.74 Å². The van der Waals surface area contributed by atoms with Gasteiger partial charge in [-0.25, -0.2) is 0 Å². The summed E-state index contributed by atoms with van der Waals surface area (Å²) in [6.45, 7) is 10.5. The Morgan fingerprint density at radius 3 is 2.37 bits per heavy atom. The number of nitrogens with one attached hydrogen (secondary N) is 1. The van der Waals surface area contributed by atoms with Gasteiger partial charge >= 0.3 is 0 Å². The summed E-state index contributed by atoms with van der Waals surface area (Å²) in [4.78, 5) is 0. The fourth-order valence-corrected chi connectivity index (χ4v) is 2.30. The predicted molar refractivity (Wildman–Crippen MR) is 82.6 cm³/mol. The number of unbranched alkanes of at least 4 members (excludes halogenated alkanes) is 4. The Kier molecular flexibility index (Phi) is 11.6. The van der Waals surface area contributed by atoms with E-state index in [1.807, 2.05) is 0 Å². The number of aliphatic hydroxyl groups excluding tert-OH is 1. The summed E-state index contributed by atoms with van der Waals surface area (Å²) in [6.07, 6.45) is 8.51. The topological polar surface area (TPSA) is 41.5 Å². The highest BCUT2D eigenvalue weighted by molar-refractivity contribution is 4.84. The molecule has 0 radical (unpaired) electrons. The van der Waals surface area contributed by atoms with Crippen molar-refractivity contribution >= 4 is 0 Å². The van der Waals surface area contributed by atoms with Crippen LogP contribution < -0.4 is 5.32 Å². The van der Waals surface area contributed by atoms with Gasteiger partial charge in [0, 0.05) is 12.1 Å². The van der Waals surface area contributed by atoms with Crippen LogP contribution in [0.2, 0.25) is 0 Å². The molecule has 116 valence electrons. The van der Waals surface area contributed by atoms with E-state index in [0.717, 1.165) is 32.4 Å². The number of ether oxygens (including phenoxy) is 1. The van der Waals surface area contributed by atoms with Crippen LogP contribution in [-0.4, -0.2) is 36.5 Å². The maximum absolute atomic E-state index is 9.51. The number of hydrogen-bond donors (Lipinski definition) is 2. The van der Waals surface area contributed by atoms with Gasteiger partial charge in [0.2, 0.25) is 0 Å². The first-order chi connectivity index (χ1) is 9.08. The SMILES string of the molecule is CCCCCCCOC(C)CC(C)(CO)NCCC. The minimum Gasteiger partial charge on any atom is -0.394 e. The molecule has 0 fully saturated rings. The summed E-state index contributed by atoms with van der Waals surface area (Å²) in [6, 6.07) is 0. The highest BCUT2D eigenvalue weighted by Crippen LogP contribution is 2.15. The van der Waals surface area contributed by atoms with E-state index >= 15 is 0 Å². The van der Waals surface area contributed by atoms with Gasteiger partial charge in [0.25, 0.3) is 0 Å². The summed E-state index contributed by atoms with van der Waals surface area (Å²) in [5.41, 5.74) is -0.211. The van der Waals surface area contributed by atoms with Crippen LogP contribution in [0.15, 0.2) is 0 Å². The summed E-state index contributed by atoms with van der Waals surface area (Å²) >= 11 is 0. The Balaban J connectivity index is 3.72. The van der Waals surface area contributed by atoms with Crippen molar-refractivity contribution in [3.05, 3.63) is 0 Å². The van der Waals surface area contributed by atoms with Crippen molar-refractivity contribution in [2.45, 2.75) is 84.3 Å². The van der Waals surface area contributed by atoms with Gasteiger partial charge < -0.3 is 15.2 Å². The Morgan fingerprint density at radius 1 is 1.11 bits per heavy atom. The molecule has 0 rings (SSSR count). The molecule has 0 spiro atoms. The van der Waals surface area contributed by atoms with Crippen molar-refractivity contribution in [3.63, 3.8) is 0 Å². The van der Waals surface area contributed by atoms with E-state index in [1.54, 1.807) is 0 Å². The molecule has 0 heterocycles. The summed E-state index contributed by atoms with van der Waals surface area (Å²) in [5.74, 6) is 0. The molecular formula is C16H35NO2. The van der Waals surface area contributed by atoms with Crippen LogP contribution in [0.3, 0.4) is 0 Å². The predicted octanol–water partition coefficient (Wildman–Crippen LogP) is 3.50. The lowest BCUT2D eigenvalue weighted by Crippen LogP contribution is -2.48. The first kappa shape index (κ1) is 18.9. The van der Waals surface area contributed by atoms with Crippen molar-refractivity contribution in [1.82, 2.24) is 5.32 Å². The minimum atomic E-state index is -0.211. The molecule has 2 N–H and O–H groups in total. The van der Waals surface area contributed by atoms with E-state index in [4.69, 9.17) is 4.74 Å². The maximum atomic E-state index is 9.51. The third kappa shape index (κ3) is 10.3. The number of rotatable bonds is 13. The van der Waals surface area contributed by atoms with Crippen LogP contribution in [0.1, 0.15) is 72.6 Å². The lowest BCUT2D eigenvalue weighted by molar-refractivity contribution is 0.0263. The Morgan fingerprint density at radius 2 is 1.79 bits per heavy atom. The largest absolute Gasteiger partial charge is 0.394 e. The Labute approximate surface area is 120 Å². The van der Waals surface area contributed by atoms with Gasteiger partial charge in [-0.2, -0.15) is 0 Å². The minimum absolute atomic E-state index is 0.164. The average molecular weight is 273 g/mol. The van der Waals surface area contributed by atoms with E-state index in [9.17, 15) is 5.11 Å². The zero-order valence-corrected chi connectivity index (χ0v) is 13.5. The molecule has 0 aliphatic carbocycles. The molecule has 3 heteroatoms. The fourth-order valence-electron chi connectivity index (χ4n) is 2.30. The van der Waals surface area contributed by atoms with Crippen LogP contribution in [0.5, 0.6) is 0 Å². The molecule has 2 unspecified atom stereocenters. The molecule has 0 saturated heterocycles. The monoisotopic (exact) mass is 273 g/mol. The molecule has 19 heavy (non-hydrogen) atoms. The van der Waals surface area contributed by atoms with Crippen molar-refractivity contribution in [2.24, 2.45) is 0 Å². The van der Waals surface area contributed by atoms with Crippen LogP contribution in [0.25, 0.3) is 0 Å². The zero-order valence-electron chi connectivity index (χ0n) is 13.5. The molecule has 2 atom stereocenters. The second-order valence-corrected chi connectivity index (χ2v) is 5.95. The standard InChI is InChI=1S/C16H35NO2/c1-5-7-8-9-10-12-19-15(3)13-16(4,14-18)17-11-6-2/h15,17-18H,5-14H2,1-4H3. The molecule has 3 nitrogen and oxygen atoms in total. The van der Waals surface area contributed by atoms with Crippen LogP contribution in [0.4, 0.5) is 0 Å². The zero-order chi connectivity index (χ0) is 14.6. The lowest BCUT2D eigenvalue weighted by atomic mass is 9.95. The van der Waals surface area contributed by atoms with Crippen molar-refractivity contribution in [3.8, 4) is 0 Å². The third-order valence-electron chi connectivity index (χ3n) is 3.54. The summed E-state index contributed by atoms with van der Waals surface area (Å²) in [7, 11) is 0. The Bertz CT molecular complexity index is 199. The highest BCUT2D eigenvalue weighted by atomic mass is 16.5. The van der Waals surface area contributed by atoms with Gasteiger partial charge in [-0.1, -0.05) is 39.5 Å². The molecule has 0 aromatic rings. The van der Waals surface area contributed by atoms with Crippen molar-refractivity contribution in [2.75, 3.05) is 19.8 Å². The first-order valence-corrected chi connectivity index (χ1v) is 8.05. The van der Waals surface area contributed by atoms with Gasteiger partial charge in [-0.05, 0) is 39.7 Å². The molecule has 0 aromatic heterocycles. The van der Waals surface area contributed by atoms with E-state index < -0.39 is 0 Å². The van der Waals surface area contributed by atoms with E-state index in [2.05, 4.69) is 33.0 Å². The molecular weight excluding hydrogens is 238 g/mol. The molecule has 0 amide bonds. The quantitative estimate of drug-likeness (QED) is 0.505.